The first-order valence-corrected chi connectivity index (χ1v) is 8.67. The summed E-state index contributed by atoms with van der Waals surface area (Å²) in [5, 5.41) is 8.33. The summed E-state index contributed by atoms with van der Waals surface area (Å²) in [5.74, 6) is 0.255. The fourth-order valence-electron chi connectivity index (χ4n) is 0.296. The Morgan fingerprint density at radius 1 is 1.00 bits per heavy atom. The van der Waals surface area contributed by atoms with E-state index in [1.807, 2.05) is 13.8 Å². The van der Waals surface area contributed by atoms with Gasteiger partial charge in [0, 0.05) is 6.42 Å². The van der Waals surface area contributed by atoms with Crippen LogP contribution in [0.5, 0.6) is 0 Å². The van der Waals surface area contributed by atoms with Gasteiger partial charge in [-0.3, -0.25) is 0 Å². The Morgan fingerprint density at radius 2 is 1.19 bits per heavy atom. The molecule has 0 aromatic carbocycles. The van der Waals surface area contributed by atoms with Crippen LogP contribution in [-0.4, -0.2) is 46.5 Å². The summed E-state index contributed by atoms with van der Waals surface area (Å²) in [6.45, 7) is 5.42. The molecule has 0 saturated carbocycles. The average Bonchev–Trinajstić information content (AvgIpc) is 2.12. The van der Waals surface area contributed by atoms with Crippen molar-refractivity contribution in [1.82, 2.24) is 0 Å². The van der Waals surface area contributed by atoms with Crippen LogP contribution >= 0.6 is 15.6 Å². The first-order chi connectivity index (χ1) is 9.04. The van der Waals surface area contributed by atoms with E-state index in [1.54, 1.807) is 6.92 Å². The number of rotatable bonds is 3. The number of aliphatic hydroxyl groups is 1. The van der Waals surface area contributed by atoms with Crippen LogP contribution < -0.4 is 5.73 Å². The second-order valence-electron chi connectivity index (χ2n) is 3.44. The van der Waals surface area contributed by atoms with Crippen molar-refractivity contribution in [2.75, 3.05) is 0 Å². The maximum Gasteiger partial charge on any atom is 0.466 e. The third kappa shape index (κ3) is 272. The molecule has 11 nitrogen and oxygen atoms in total. The molecule has 0 aromatic rings. The standard InChI is InChI=1S/C4H11NO.C4H8O.2H3O4P/c1-2-3-4(5)6;1-3-4(2)5;2*1-5(2,3)4/h4,6H,2-3,5H2,1H3;3H2,1-2H3;2*(H3,1,2,3,4). The van der Waals surface area contributed by atoms with E-state index in [0.29, 0.717) is 12.8 Å². The van der Waals surface area contributed by atoms with Crippen LogP contribution in [0.1, 0.15) is 40.0 Å². The van der Waals surface area contributed by atoms with Crippen molar-refractivity contribution in [3.8, 4) is 0 Å². The molecule has 1 atom stereocenters. The second-order valence-corrected chi connectivity index (χ2v) is 5.49. The van der Waals surface area contributed by atoms with Crippen molar-refractivity contribution in [3.05, 3.63) is 0 Å². The number of phosphoric acid groups is 2. The molecule has 1 unspecified atom stereocenters. The molecule has 13 heteroatoms. The average molecular weight is 357 g/mol. The number of hydrogen-bond donors (Lipinski definition) is 8. The van der Waals surface area contributed by atoms with Gasteiger partial charge in [-0.05, 0) is 13.3 Å². The minimum absolute atomic E-state index is 0.255. The molecule has 0 aliphatic carbocycles. The smallest absolute Gasteiger partial charge is 0.379 e. The monoisotopic (exact) mass is 357 g/mol. The zero-order chi connectivity index (χ0) is 18.3. The normalized spacial score (nSPS) is 11.6. The molecule has 0 aliphatic rings. The van der Waals surface area contributed by atoms with Gasteiger partial charge in [0.25, 0.3) is 0 Å². The SMILES string of the molecule is CCC(C)=O.CCCC(N)O.O=P(O)(O)O.O=P(O)(O)O. The van der Waals surface area contributed by atoms with Crippen molar-refractivity contribution in [3.63, 3.8) is 0 Å². The van der Waals surface area contributed by atoms with Crippen molar-refractivity contribution in [2.24, 2.45) is 5.73 Å². The van der Waals surface area contributed by atoms with Crippen molar-refractivity contribution in [2.45, 2.75) is 46.3 Å². The van der Waals surface area contributed by atoms with E-state index < -0.39 is 21.9 Å². The lowest BCUT2D eigenvalue weighted by Crippen LogP contribution is -2.17. The first kappa shape index (κ1) is 28.9. The Morgan fingerprint density at radius 3 is 1.19 bits per heavy atom. The highest BCUT2D eigenvalue weighted by atomic mass is 31.2. The fourth-order valence-corrected chi connectivity index (χ4v) is 0.296. The molecule has 0 fully saturated rings. The Balaban J connectivity index is -0.0000000921. The van der Waals surface area contributed by atoms with Gasteiger partial charge in [-0.2, -0.15) is 0 Å². The molecule has 0 radical (unpaired) electrons. The van der Waals surface area contributed by atoms with E-state index in [9.17, 15) is 4.79 Å². The van der Waals surface area contributed by atoms with Gasteiger partial charge in [0.05, 0.1) is 0 Å². The van der Waals surface area contributed by atoms with Crippen molar-refractivity contribution < 1.29 is 48.4 Å². The van der Waals surface area contributed by atoms with Crippen LogP contribution in [0.15, 0.2) is 0 Å². The Hall–Kier alpha value is -0.190. The predicted molar refractivity (Wildman–Crippen MR) is 74.6 cm³/mol. The number of Topliss-reactive ketones (excluding diaryl/α,β-unsaturated/α-hetero) is 1. The number of carbonyl (C=O) groups is 1. The van der Waals surface area contributed by atoms with E-state index in [0.717, 1.165) is 6.42 Å². The number of nitrogens with two attached hydrogens (primary N) is 1. The second kappa shape index (κ2) is 16.2. The lowest BCUT2D eigenvalue weighted by atomic mass is 10.3. The van der Waals surface area contributed by atoms with Crippen molar-refractivity contribution >= 4 is 21.4 Å². The summed E-state index contributed by atoms with van der Waals surface area (Å²) in [6, 6.07) is 0. The summed E-state index contributed by atoms with van der Waals surface area (Å²) in [7, 11) is -9.28. The van der Waals surface area contributed by atoms with Gasteiger partial charge in [-0.15, -0.1) is 0 Å². The predicted octanol–water partition coefficient (Wildman–Crippen LogP) is -0.808. The number of ketones is 1. The van der Waals surface area contributed by atoms with Crippen LogP contribution in [0.25, 0.3) is 0 Å². The van der Waals surface area contributed by atoms with E-state index in [1.165, 1.54) is 0 Å². The van der Waals surface area contributed by atoms with Crippen LogP contribution in [0.4, 0.5) is 0 Å². The number of hydrogen-bond acceptors (Lipinski definition) is 5. The summed E-state index contributed by atoms with van der Waals surface area (Å²) >= 11 is 0. The van der Waals surface area contributed by atoms with Crippen molar-refractivity contribution in [1.29, 1.82) is 0 Å². The van der Waals surface area contributed by atoms with Gasteiger partial charge in [-0.1, -0.05) is 20.3 Å². The maximum absolute atomic E-state index is 9.81. The lowest BCUT2D eigenvalue weighted by Gasteiger charge is -1.96. The zero-order valence-corrected chi connectivity index (χ0v) is 13.8. The van der Waals surface area contributed by atoms with Gasteiger partial charge >= 0.3 is 15.6 Å². The molecule has 0 bridgehead atoms. The number of carbonyl (C=O) groups excluding carboxylic acids is 1. The molecular weight excluding hydrogens is 332 g/mol. The summed E-state index contributed by atoms with van der Waals surface area (Å²) in [4.78, 5) is 52.9. The zero-order valence-electron chi connectivity index (χ0n) is 12.0. The van der Waals surface area contributed by atoms with Crippen LogP contribution in [0.3, 0.4) is 0 Å². The van der Waals surface area contributed by atoms with Gasteiger partial charge in [0.1, 0.15) is 12.0 Å². The van der Waals surface area contributed by atoms with E-state index >= 15 is 0 Å². The van der Waals surface area contributed by atoms with Gasteiger partial charge in [-0.25, -0.2) is 9.13 Å². The third-order valence-corrected chi connectivity index (χ3v) is 1.08. The molecule has 0 heterocycles. The largest absolute Gasteiger partial charge is 0.466 e. The molecule has 0 saturated heterocycles. The van der Waals surface area contributed by atoms with Gasteiger partial charge in [0.15, 0.2) is 0 Å². The minimum Gasteiger partial charge on any atom is -0.379 e. The highest BCUT2D eigenvalue weighted by molar-refractivity contribution is 7.45. The topological polar surface area (TPSA) is 219 Å². The minimum atomic E-state index is -4.64. The number of aliphatic hydroxyl groups excluding tert-OH is 1. The van der Waals surface area contributed by atoms with Crippen LogP contribution in [0.2, 0.25) is 0 Å². The molecule has 9 N–H and O–H groups in total. The van der Waals surface area contributed by atoms with Gasteiger partial charge in [0.2, 0.25) is 0 Å². The molecule has 0 aromatic heterocycles. The summed E-state index contributed by atoms with van der Waals surface area (Å²) in [6.07, 6.45) is 1.73. The van der Waals surface area contributed by atoms with Crippen LogP contribution in [0, 0.1) is 0 Å². The molecule has 0 rings (SSSR count). The fraction of sp³-hybridized carbons (Fsp3) is 0.875. The quantitative estimate of drug-likeness (QED) is 0.230. The van der Waals surface area contributed by atoms with Gasteiger partial charge < -0.3 is 45.0 Å². The molecule has 0 aliphatic heterocycles. The summed E-state index contributed by atoms with van der Waals surface area (Å²) in [5.41, 5.74) is 4.96. The van der Waals surface area contributed by atoms with E-state index in [-0.39, 0.29) is 5.78 Å². The molecule has 0 amide bonds. The molecule has 132 valence electrons. The maximum atomic E-state index is 9.81. The Bertz CT molecular complexity index is 286. The highest BCUT2D eigenvalue weighted by Gasteiger charge is 2.00. The molecule has 21 heavy (non-hydrogen) atoms. The van der Waals surface area contributed by atoms with Crippen LogP contribution in [-0.2, 0) is 13.9 Å². The summed E-state index contributed by atoms with van der Waals surface area (Å²) < 4.78 is 17.8. The molecule has 0 spiro atoms. The van der Waals surface area contributed by atoms with E-state index in [4.69, 9.17) is 49.3 Å². The lowest BCUT2D eigenvalue weighted by molar-refractivity contribution is -0.116. The van der Waals surface area contributed by atoms with E-state index in [2.05, 4.69) is 0 Å². The molecular formula is C8H25NO10P2. The Labute approximate surface area is 122 Å². The third-order valence-electron chi connectivity index (χ3n) is 1.08. The highest BCUT2D eigenvalue weighted by Crippen LogP contribution is 2.26. The first-order valence-electron chi connectivity index (χ1n) is 5.54. The Kier molecular flexibility index (Phi) is 22.3.